The number of aryl methyl sites for hydroxylation is 1. The van der Waals surface area contributed by atoms with Crippen molar-refractivity contribution in [3.63, 3.8) is 0 Å². The maximum absolute atomic E-state index is 12.2. The summed E-state index contributed by atoms with van der Waals surface area (Å²) >= 11 is 15.3. The zero-order valence-electron chi connectivity index (χ0n) is 12.0. The molecule has 6 heteroatoms. The fourth-order valence-electron chi connectivity index (χ4n) is 1.73. The molecule has 0 fully saturated rings. The van der Waals surface area contributed by atoms with Gasteiger partial charge >= 0.3 is 0 Å². The van der Waals surface area contributed by atoms with Gasteiger partial charge in [-0.2, -0.15) is 0 Å². The minimum atomic E-state index is -0.669. The lowest BCUT2D eigenvalue weighted by molar-refractivity contribution is -0.122. The quantitative estimate of drug-likeness (QED) is 0.736. The van der Waals surface area contributed by atoms with Crippen molar-refractivity contribution in [3.8, 4) is 5.75 Å². The summed E-state index contributed by atoms with van der Waals surface area (Å²) in [6.07, 6.45) is -0.669. The Morgan fingerprint density at radius 2 is 1.95 bits per heavy atom. The molecule has 2 aromatic rings. The van der Waals surface area contributed by atoms with Crippen molar-refractivity contribution < 1.29 is 9.53 Å². The summed E-state index contributed by atoms with van der Waals surface area (Å²) in [7, 11) is 0. The third kappa shape index (κ3) is 4.38. The van der Waals surface area contributed by atoms with E-state index in [2.05, 4.69) is 21.2 Å². The Labute approximate surface area is 147 Å². The van der Waals surface area contributed by atoms with Gasteiger partial charge in [0.25, 0.3) is 5.91 Å². The summed E-state index contributed by atoms with van der Waals surface area (Å²) < 4.78 is 6.33. The lowest BCUT2D eigenvalue weighted by Gasteiger charge is -2.16. The van der Waals surface area contributed by atoms with Crippen LogP contribution < -0.4 is 10.1 Å². The zero-order valence-corrected chi connectivity index (χ0v) is 15.1. The van der Waals surface area contributed by atoms with Crippen LogP contribution in [-0.2, 0) is 4.79 Å². The molecule has 2 rings (SSSR count). The van der Waals surface area contributed by atoms with Crippen LogP contribution in [0.3, 0.4) is 0 Å². The van der Waals surface area contributed by atoms with Crippen LogP contribution in [0.15, 0.2) is 40.9 Å². The molecule has 0 saturated heterocycles. The number of nitrogens with one attached hydrogen (secondary N) is 1. The molecule has 116 valence electrons. The highest BCUT2D eigenvalue weighted by Gasteiger charge is 2.16. The SMILES string of the molecule is Cc1ccc(NC(=O)C(C)Oc2ccc(Cl)cc2Br)cc1Cl. The van der Waals surface area contributed by atoms with Gasteiger partial charge in [0.1, 0.15) is 5.75 Å². The van der Waals surface area contributed by atoms with Gasteiger partial charge in [0, 0.05) is 15.7 Å². The van der Waals surface area contributed by atoms with Gasteiger partial charge in [0.05, 0.1) is 4.47 Å². The first-order chi connectivity index (χ1) is 10.4. The number of rotatable bonds is 4. The molecular weight excluding hydrogens is 389 g/mol. The van der Waals surface area contributed by atoms with Gasteiger partial charge in [-0.15, -0.1) is 0 Å². The van der Waals surface area contributed by atoms with Crippen molar-refractivity contribution in [1.29, 1.82) is 0 Å². The van der Waals surface area contributed by atoms with Crippen molar-refractivity contribution in [2.24, 2.45) is 0 Å². The number of halogens is 3. The van der Waals surface area contributed by atoms with Crippen LogP contribution in [0.1, 0.15) is 12.5 Å². The Morgan fingerprint density at radius 3 is 2.59 bits per heavy atom. The van der Waals surface area contributed by atoms with E-state index >= 15 is 0 Å². The van der Waals surface area contributed by atoms with Gasteiger partial charge in [-0.05, 0) is 65.7 Å². The predicted octanol–water partition coefficient (Wildman–Crippen LogP) is 5.47. The van der Waals surface area contributed by atoms with E-state index in [1.807, 2.05) is 13.0 Å². The van der Waals surface area contributed by atoms with E-state index in [-0.39, 0.29) is 5.91 Å². The molecule has 22 heavy (non-hydrogen) atoms. The first kappa shape index (κ1) is 17.1. The van der Waals surface area contributed by atoms with Crippen molar-refractivity contribution in [3.05, 3.63) is 56.5 Å². The maximum atomic E-state index is 12.2. The van der Waals surface area contributed by atoms with E-state index in [0.717, 1.165) is 5.56 Å². The number of anilines is 1. The lowest BCUT2D eigenvalue weighted by atomic mass is 10.2. The molecule has 0 aliphatic rings. The molecule has 1 unspecified atom stereocenters. The Kier molecular flexibility index (Phi) is 5.73. The Balaban J connectivity index is 2.04. The second-order valence-corrected chi connectivity index (χ2v) is 6.49. The number of hydrogen-bond acceptors (Lipinski definition) is 2. The number of hydrogen-bond donors (Lipinski definition) is 1. The molecule has 0 heterocycles. The van der Waals surface area contributed by atoms with Crippen LogP contribution in [0.5, 0.6) is 5.75 Å². The highest BCUT2D eigenvalue weighted by molar-refractivity contribution is 9.10. The van der Waals surface area contributed by atoms with Gasteiger partial charge < -0.3 is 10.1 Å². The van der Waals surface area contributed by atoms with Crippen molar-refractivity contribution in [2.45, 2.75) is 20.0 Å². The topological polar surface area (TPSA) is 38.3 Å². The minimum absolute atomic E-state index is 0.262. The number of carbonyl (C=O) groups excluding carboxylic acids is 1. The molecule has 1 atom stereocenters. The Hall–Kier alpha value is -1.23. The number of ether oxygens (including phenoxy) is 1. The molecule has 0 aromatic heterocycles. The molecular formula is C16H14BrCl2NO2. The molecule has 1 amide bonds. The number of amides is 1. The summed E-state index contributed by atoms with van der Waals surface area (Å²) in [5.41, 5.74) is 1.58. The second-order valence-electron chi connectivity index (χ2n) is 4.79. The molecule has 0 spiro atoms. The lowest BCUT2D eigenvalue weighted by Crippen LogP contribution is -2.30. The van der Waals surface area contributed by atoms with E-state index < -0.39 is 6.10 Å². The molecule has 0 radical (unpaired) electrons. The highest BCUT2D eigenvalue weighted by Crippen LogP contribution is 2.29. The molecule has 3 nitrogen and oxygen atoms in total. The molecule has 0 bridgehead atoms. The second kappa shape index (κ2) is 7.36. The molecule has 0 aliphatic carbocycles. The highest BCUT2D eigenvalue weighted by atomic mass is 79.9. The Morgan fingerprint density at radius 1 is 1.23 bits per heavy atom. The van der Waals surface area contributed by atoms with E-state index in [1.54, 1.807) is 37.3 Å². The normalized spacial score (nSPS) is 11.9. The molecule has 0 aliphatic heterocycles. The fraction of sp³-hybridized carbons (Fsp3) is 0.188. The van der Waals surface area contributed by atoms with Crippen LogP contribution in [0, 0.1) is 6.92 Å². The van der Waals surface area contributed by atoms with Gasteiger partial charge in [-0.1, -0.05) is 29.3 Å². The predicted molar refractivity (Wildman–Crippen MR) is 94.1 cm³/mol. The van der Waals surface area contributed by atoms with Gasteiger partial charge in [-0.3, -0.25) is 4.79 Å². The van der Waals surface area contributed by atoms with Gasteiger partial charge in [0.2, 0.25) is 0 Å². The standard InChI is InChI=1S/C16H14BrCl2NO2/c1-9-3-5-12(8-14(9)19)20-16(21)10(2)22-15-6-4-11(18)7-13(15)17/h3-8,10H,1-2H3,(H,20,21). The van der Waals surface area contributed by atoms with Gasteiger partial charge in [0.15, 0.2) is 6.10 Å². The van der Waals surface area contributed by atoms with Crippen LogP contribution in [0.25, 0.3) is 0 Å². The molecule has 2 aromatic carbocycles. The summed E-state index contributed by atoms with van der Waals surface area (Å²) in [4.78, 5) is 12.2. The van der Waals surface area contributed by atoms with E-state index in [0.29, 0.717) is 26.0 Å². The van der Waals surface area contributed by atoms with Crippen LogP contribution >= 0.6 is 39.1 Å². The summed E-state index contributed by atoms with van der Waals surface area (Å²) in [5, 5.41) is 3.96. The van der Waals surface area contributed by atoms with Crippen LogP contribution in [0.4, 0.5) is 5.69 Å². The first-order valence-electron chi connectivity index (χ1n) is 6.55. The average molecular weight is 403 g/mol. The summed E-state index contributed by atoms with van der Waals surface area (Å²) in [6.45, 7) is 3.57. The largest absolute Gasteiger partial charge is 0.480 e. The van der Waals surface area contributed by atoms with Crippen molar-refractivity contribution in [2.75, 3.05) is 5.32 Å². The van der Waals surface area contributed by atoms with Crippen LogP contribution in [-0.4, -0.2) is 12.0 Å². The fourth-order valence-corrected chi connectivity index (χ4v) is 2.69. The summed E-state index contributed by atoms with van der Waals surface area (Å²) in [5.74, 6) is 0.288. The summed E-state index contributed by atoms with van der Waals surface area (Å²) in [6, 6.07) is 10.5. The Bertz CT molecular complexity index is 707. The van der Waals surface area contributed by atoms with Gasteiger partial charge in [-0.25, -0.2) is 0 Å². The third-order valence-electron chi connectivity index (χ3n) is 3.01. The number of benzene rings is 2. The maximum Gasteiger partial charge on any atom is 0.265 e. The minimum Gasteiger partial charge on any atom is -0.480 e. The smallest absolute Gasteiger partial charge is 0.265 e. The van der Waals surface area contributed by atoms with Crippen molar-refractivity contribution >= 4 is 50.7 Å². The average Bonchev–Trinajstić information content (AvgIpc) is 2.45. The van der Waals surface area contributed by atoms with Crippen LogP contribution in [0.2, 0.25) is 10.0 Å². The van der Waals surface area contributed by atoms with E-state index in [4.69, 9.17) is 27.9 Å². The zero-order chi connectivity index (χ0) is 16.3. The monoisotopic (exact) mass is 401 g/mol. The first-order valence-corrected chi connectivity index (χ1v) is 8.10. The third-order valence-corrected chi connectivity index (χ3v) is 4.27. The molecule has 1 N–H and O–H groups in total. The van der Waals surface area contributed by atoms with Crippen molar-refractivity contribution in [1.82, 2.24) is 0 Å². The number of carbonyl (C=O) groups is 1. The molecule has 0 saturated carbocycles. The van der Waals surface area contributed by atoms with E-state index in [9.17, 15) is 4.79 Å². The van der Waals surface area contributed by atoms with E-state index in [1.165, 1.54) is 0 Å².